The van der Waals surface area contributed by atoms with E-state index in [1.54, 1.807) is 27.9 Å². The van der Waals surface area contributed by atoms with Crippen LogP contribution in [0, 0.1) is 5.92 Å². The normalized spacial score (nSPS) is 13.2. The monoisotopic (exact) mass is 289 g/mol. The molecule has 0 aromatic rings. The van der Waals surface area contributed by atoms with Gasteiger partial charge in [-0.05, 0) is 26.7 Å². The second-order valence-corrected chi connectivity index (χ2v) is 5.87. The number of hydrogen-bond donors (Lipinski definition) is 1. The van der Waals surface area contributed by atoms with Crippen LogP contribution in [0.4, 0.5) is 0 Å². The summed E-state index contributed by atoms with van der Waals surface area (Å²) in [4.78, 5) is 23.7. The highest BCUT2D eigenvalue weighted by Crippen LogP contribution is 2.12. The van der Waals surface area contributed by atoms with E-state index in [2.05, 4.69) is 5.32 Å². The summed E-state index contributed by atoms with van der Waals surface area (Å²) in [5, 5.41) is 2.64. The van der Waals surface area contributed by atoms with Gasteiger partial charge in [-0.25, -0.2) is 4.79 Å². The number of nitrogens with one attached hydrogen (secondary N) is 1. The Morgan fingerprint density at radius 3 is 2.20 bits per heavy atom. The Labute approximate surface area is 121 Å². The molecule has 0 aliphatic rings. The summed E-state index contributed by atoms with van der Waals surface area (Å²) in [5.74, 6) is -0.837. The lowest BCUT2D eigenvalue weighted by Gasteiger charge is -2.26. The summed E-state index contributed by atoms with van der Waals surface area (Å²) in [6.07, 6.45) is 0. The third-order valence-corrected chi connectivity index (χ3v) is 2.31. The van der Waals surface area contributed by atoms with E-state index in [0.29, 0.717) is 13.2 Å². The quantitative estimate of drug-likeness (QED) is 0.535. The number of hydrogen-bond acceptors (Lipinski definition) is 5. The lowest BCUT2D eigenvalue weighted by molar-refractivity contribution is -0.160. The van der Waals surface area contributed by atoms with Gasteiger partial charge in [0.05, 0.1) is 13.2 Å². The molecule has 0 bridgehead atoms. The van der Waals surface area contributed by atoms with E-state index < -0.39 is 17.6 Å². The van der Waals surface area contributed by atoms with E-state index in [4.69, 9.17) is 14.2 Å². The summed E-state index contributed by atoms with van der Waals surface area (Å²) in [5.41, 5.74) is -0.579. The summed E-state index contributed by atoms with van der Waals surface area (Å²) in [6, 6.07) is -0.673. The van der Waals surface area contributed by atoms with Gasteiger partial charge in [0.25, 0.3) is 0 Å². The van der Waals surface area contributed by atoms with Crippen molar-refractivity contribution in [2.75, 3.05) is 26.9 Å². The zero-order valence-corrected chi connectivity index (χ0v) is 13.3. The predicted octanol–water partition coefficient (Wildman–Crippen LogP) is 1.13. The SMILES string of the molecule is COCCOCC(=O)N[C@@H](C(=O)OC(C)(C)C)C(C)C. The first kappa shape index (κ1) is 18.9. The molecular weight excluding hydrogens is 262 g/mol. The van der Waals surface area contributed by atoms with Crippen LogP contribution < -0.4 is 5.32 Å². The fourth-order valence-corrected chi connectivity index (χ4v) is 1.39. The maximum Gasteiger partial charge on any atom is 0.329 e. The average Bonchev–Trinajstić information content (AvgIpc) is 2.29. The molecule has 0 saturated heterocycles. The van der Waals surface area contributed by atoms with E-state index >= 15 is 0 Å². The number of rotatable bonds is 8. The molecule has 0 aromatic heterocycles. The van der Waals surface area contributed by atoms with Crippen molar-refractivity contribution in [2.24, 2.45) is 5.92 Å². The molecule has 0 aliphatic carbocycles. The van der Waals surface area contributed by atoms with Crippen molar-refractivity contribution < 1.29 is 23.8 Å². The summed E-state index contributed by atoms with van der Waals surface area (Å²) < 4.78 is 15.2. The number of ether oxygens (including phenoxy) is 3. The first-order valence-corrected chi connectivity index (χ1v) is 6.76. The minimum absolute atomic E-state index is 0.0622. The summed E-state index contributed by atoms with van der Waals surface area (Å²) in [7, 11) is 1.56. The third-order valence-electron chi connectivity index (χ3n) is 2.31. The fraction of sp³-hybridized carbons (Fsp3) is 0.857. The molecule has 118 valence electrons. The molecule has 6 heteroatoms. The van der Waals surface area contributed by atoms with Crippen LogP contribution in [0.2, 0.25) is 0 Å². The van der Waals surface area contributed by atoms with E-state index in [-0.39, 0.29) is 18.4 Å². The van der Waals surface area contributed by atoms with Gasteiger partial charge in [0.15, 0.2) is 0 Å². The molecule has 0 radical (unpaired) electrons. The number of esters is 1. The van der Waals surface area contributed by atoms with E-state index in [9.17, 15) is 9.59 Å². The van der Waals surface area contributed by atoms with Crippen LogP contribution in [0.5, 0.6) is 0 Å². The van der Waals surface area contributed by atoms with Crippen molar-refractivity contribution in [1.29, 1.82) is 0 Å². The van der Waals surface area contributed by atoms with Crippen LogP contribution in [0.3, 0.4) is 0 Å². The molecule has 0 fully saturated rings. The largest absolute Gasteiger partial charge is 0.458 e. The van der Waals surface area contributed by atoms with Crippen molar-refractivity contribution in [2.45, 2.75) is 46.3 Å². The highest BCUT2D eigenvalue weighted by Gasteiger charge is 2.29. The van der Waals surface area contributed by atoms with Crippen LogP contribution in [-0.4, -0.2) is 50.4 Å². The van der Waals surface area contributed by atoms with Gasteiger partial charge >= 0.3 is 5.97 Å². The first-order valence-electron chi connectivity index (χ1n) is 6.76. The number of carbonyl (C=O) groups is 2. The molecule has 20 heavy (non-hydrogen) atoms. The van der Waals surface area contributed by atoms with E-state index in [1.807, 2.05) is 13.8 Å². The van der Waals surface area contributed by atoms with Crippen LogP contribution >= 0.6 is 0 Å². The Hall–Kier alpha value is -1.14. The van der Waals surface area contributed by atoms with Crippen LogP contribution in [-0.2, 0) is 23.8 Å². The zero-order valence-electron chi connectivity index (χ0n) is 13.3. The molecule has 1 amide bonds. The van der Waals surface area contributed by atoms with E-state index in [1.165, 1.54) is 0 Å². The molecule has 1 N–H and O–H groups in total. The zero-order chi connectivity index (χ0) is 15.8. The van der Waals surface area contributed by atoms with Crippen molar-refractivity contribution in [3.8, 4) is 0 Å². The van der Waals surface area contributed by atoms with Crippen molar-refractivity contribution in [1.82, 2.24) is 5.32 Å². The molecular formula is C14H27NO5. The molecule has 0 spiro atoms. The molecule has 0 rings (SSSR count). The smallest absolute Gasteiger partial charge is 0.329 e. The molecule has 1 atom stereocenters. The van der Waals surface area contributed by atoms with Crippen LogP contribution in [0.25, 0.3) is 0 Å². The second kappa shape index (κ2) is 8.92. The lowest BCUT2D eigenvalue weighted by Crippen LogP contribution is -2.48. The second-order valence-electron chi connectivity index (χ2n) is 5.87. The van der Waals surface area contributed by atoms with E-state index in [0.717, 1.165) is 0 Å². The Morgan fingerprint density at radius 2 is 1.75 bits per heavy atom. The number of methoxy groups -OCH3 is 1. The van der Waals surface area contributed by atoms with Crippen LogP contribution in [0.1, 0.15) is 34.6 Å². The Balaban J connectivity index is 4.33. The molecule has 0 saturated carbocycles. The maximum atomic E-state index is 12.0. The minimum atomic E-state index is -0.673. The van der Waals surface area contributed by atoms with Gasteiger partial charge in [0.1, 0.15) is 18.2 Å². The molecule has 6 nitrogen and oxygen atoms in total. The number of amides is 1. The van der Waals surface area contributed by atoms with Gasteiger partial charge in [-0.15, -0.1) is 0 Å². The highest BCUT2D eigenvalue weighted by molar-refractivity contribution is 5.85. The van der Waals surface area contributed by atoms with Crippen molar-refractivity contribution in [3.05, 3.63) is 0 Å². The fourth-order valence-electron chi connectivity index (χ4n) is 1.39. The Bertz CT molecular complexity index is 309. The van der Waals surface area contributed by atoms with Gasteiger partial charge < -0.3 is 19.5 Å². The third kappa shape index (κ3) is 8.87. The lowest BCUT2D eigenvalue weighted by atomic mass is 10.0. The summed E-state index contributed by atoms with van der Waals surface area (Å²) in [6.45, 7) is 9.72. The molecule has 0 aliphatic heterocycles. The topological polar surface area (TPSA) is 73.9 Å². The van der Waals surface area contributed by atoms with Crippen molar-refractivity contribution >= 4 is 11.9 Å². The van der Waals surface area contributed by atoms with Crippen molar-refractivity contribution in [3.63, 3.8) is 0 Å². The Kier molecular flexibility index (Phi) is 8.41. The van der Waals surface area contributed by atoms with Gasteiger partial charge in [0, 0.05) is 7.11 Å². The molecule has 0 heterocycles. The molecule has 0 unspecified atom stereocenters. The van der Waals surface area contributed by atoms with Crippen LogP contribution in [0.15, 0.2) is 0 Å². The predicted molar refractivity (Wildman–Crippen MR) is 75.3 cm³/mol. The Morgan fingerprint density at radius 1 is 1.15 bits per heavy atom. The number of carbonyl (C=O) groups excluding carboxylic acids is 2. The highest BCUT2D eigenvalue weighted by atomic mass is 16.6. The van der Waals surface area contributed by atoms with Gasteiger partial charge in [-0.2, -0.15) is 0 Å². The maximum absolute atomic E-state index is 12.0. The standard InChI is InChI=1S/C14H27NO5/c1-10(2)12(13(17)20-14(3,4)5)15-11(16)9-19-8-7-18-6/h10,12H,7-9H2,1-6H3,(H,15,16)/t12-/m1/s1. The minimum Gasteiger partial charge on any atom is -0.458 e. The van der Waals surface area contributed by atoms with Gasteiger partial charge in [0.2, 0.25) is 5.91 Å². The summed E-state index contributed by atoms with van der Waals surface area (Å²) >= 11 is 0. The van der Waals surface area contributed by atoms with Gasteiger partial charge in [-0.1, -0.05) is 13.8 Å². The molecule has 0 aromatic carbocycles. The van der Waals surface area contributed by atoms with Gasteiger partial charge in [-0.3, -0.25) is 4.79 Å². The average molecular weight is 289 g/mol. The first-order chi connectivity index (χ1) is 9.17.